The second kappa shape index (κ2) is 6.35. The van der Waals surface area contributed by atoms with Crippen LogP contribution >= 0.6 is 0 Å². The molecule has 1 aromatic carbocycles. The highest BCUT2D eigenvalue weighted by Gasteiger charge is 2.31. The molecule has 2 amide bonds. The molecule has 2 heterocycles. The average Bonchev–Trinajstić information content (AvgIpc) is 2.87. The summed E-state index contributed by atoms with van der Waals surface area (Å²) in [7, 11) is -3.00. The van der Waals surface area contributed by atoms with E-state index in [0.29, 0.717) is 38.3 Å². The van der Waals surface area contributed by atoms with E-state index in [0.717, 1.165) is 0 Å². The Bertz CT molecular complexity index is 687. The van der Waals surface area contributed by atoms with Gasteiger partial charge in [-0.15, -0.1) is 0 Å². The topological polar surface area (TPSA) is 69.7 Å². The monoisotopic (exact) mass is 341 g/mol. The first-order chi connectivity index (χ1) is 10.9. The zero-order chi connectivity index (χ0) is 16.4. The van der Waals surface area contributed by atoms with E-state index in [1.54, 1.807) is 23.1 Å². The van der Waals surface area contributed by atoms with E-state index in [9.17, 15) is 17.6 Å². The Morgan fingerprint density at radius 1 is 1.17 bits per heavy atom. The number of hydrogen-bond acceptors (Lipinski definition) is 4. The molecule has 0 aromatic heterocycles. The summed E-state index contributed by atoms with van der Waals surface area (Å²) >= 11 is 0. The number of carbonyl (C=O) groups excluding carboxylic acids is 1. The minimum absolute atomic E-state index is 0.0218. The van der Waals surface area contributed by atoms with Crippen molar-refractivity contribution in [2.75, 3.05) is 42.6 Å². The van der Waals surface area contributed by atoms with Gasteiger partial charge in [0.15, 0.2) is 9.84 Å². The summed E-state index contributed by atoms with van der Waals surface area (Å²) in [6.07, 6.45) is 0.475. The van der Waals surface area contributed by atoms with Crippen LogP contribution in [0.1, 0.15) is 6.42 Å². The van der Waals surface area contributed by atoms with Crippen LogP contribution in [0, 0.1) is 5.82 Å². The first-order valence-electron chi connectivity index (χ1n) is 7.70. The number of carbonyl (C=O) groups is 1. The number of halogens is 1. The molecule has 2 fully saturated rings. The summed E-state index contributed by atoms with van der Waals surface area (Å²) in [5.74, 6) is -0.103. The number of anilines is 1. The largest absolute Gasteiger partial charge is 0.366 e. The number of amides is 2. The van der Waals surface area contributed by atoms with Gasteiger partial charge in [-0.1, -0.05) is 12.1 Å². The number of rotatable bonds is 2. The Labute approximate surface area is 135 Å². The lowest BCUT2D eigenvalue weighted by Gasteiger charge is -2.36. The third-order valence-electron chi connectivity index (χ3n) is 4.32. The van der Waals surface area contributed by atoms with Crippen LogP contribution in [0.5, 0.6) is 0 Å². The average molecular weight is 341 g/mol. The number of nitrogens with one attached hydrogen (secondary N) is 1. The molecule has 0 unspecified atom stereocenters. The molecule has 126 valence electrons. The molecule has 8 heteroatoms. The van der Waals surface area contributed by atoms with Crippen molar-refractivity contribution in [3.63, 3.8) is 0 Å². The smallest absolute Gasteiger partial charge is 0.317 e. The van der Waals surface area contributed by atoms with Crippen LogP contribution in [0.4, 0.5) is 14.9 Å². The fraction of sp³-hybridized carbons (Fsp3) is 0.533. The molecule has 2 saturated heterocycles. The second-order valence-electron chi connectivity index (χ2n) is 5.97. The van der Waals surface area contributed by atoms with Gasteiger partial charge in [-0.25, -0.2) is 17.6 Å². The third-order valence-corrected chi connectivity index (χ3v) is 6.09. The van der Waals surface area contributed by atoms with E-state index in [2.05, 4.69) is 5.32 Å². The molecule has 0 aliphatic carbocycles. The van der Waals surface area contributed by atoms with Crippen molar-refractivity contribution in [2.45, 2.75) is 12.5 Å². The van der Waals surface area contributed by atoms with Crippen LogP contribution in [0.15, 0.2) is 24.3 Å². The van der Waals surface area contributed by atoms with Crippen LogP contribution in [0.2, 0.25) is 0 Å². The van der Waals surface area contributed by atoms with Crippen molar-refractivity contribution in [3.8, 4) is 0 Å². The van der Waals surface area contributed by atoms with Crippen molar-refractivity contribution >= 4 is 21.6 Å². The molecule has 0 spiro atoms. The van der Waals surface area contributed by atoms with Gasteiger partial charge in [-0.05, 0) is 18.6 Å². The molecule has 0 bridgehead atoms. The Morgan fingerprint density at radius 3 is 2.48 bits per heavy atom. The van der Waals surface area contributed by atoms with E-state index in [1.807, 2.05) is 4.90 Å². The number of hydrogen-bond donors (Lipinski definition) is 1. The van der Waals surface area contributed by atoms with Crippen LogP contribution in [0.25, 0.3) is 0 Å². The molecule has 1 aromatic rings. The number of piperazine rings is 1. The zero-order valence-electron chi connectivity index (χ0n) is 12.7. The van der Waals surface area contributed by atoms with Crippen molar-refractivity contribution in [3.05, 3.63) is 30.1 Å². The Kier molecular flexibility index (Phi) is 4.43. The fourth-order valence-electron chi connectivity index (χ4n) is 3.03. The first kappa shape index (κ1) is 16.0. The van der Waals surface area contributed by atoms with Crippen molar-refractivity contribution < 1.29 is 17.6 Å². The number of nitrogens with zero attached hydrogens (tertiary/aromatic N) is 2. The number of urea groups is 1. The van der Waals surface area contributed by atoms with E-state index in [-0.39, 0.29) is 29.4 Å². The molecule has 1 N–H and O–H groups in total. The molecule has 1 atom stereocenters. The quantitative estimate of drug-likeness (QED) is 0.866. The summed E-state index contributed by atoms with van der Waals surface area (Å²) in [5.41, 5.74) is 0.550. The van der Waals surface area contributed by atoms with Gasteiger partial charge in [0, 0.05) is 32.2 Å². The standard InChI is InChI=1S/C15H20FN3O3S/c16-13-3-1-2-4-14(13)18-6-8-19(9-7-18)15(20)17-12-5-10-23(21,22)11-12/h1-4,12H,5-11H2,(H,17,20)/t12-/m0/s1. The van der Waals surface area contributed by atoms with Gasteiger partial charge in [0.2, 0.25) is 0 Å². The predicted molar refractivity (Wildman–Crippen MR) is 85.8 cm³/mol. The minimum atomic E-state index is -3.00. The first-order valence-corrected chi connectivity index (χ1v) is 9.52. The van der Waals surface area contributed by atoms with Gasteiger partial charge in [-0.3, -0.25) is 0 Å². The molecular formula is C15H20FN3O3S. The van der Waals surface area contributed by atoms with Gasteiger partial charge in [0.05, 0.1) is 17.2 Å². The normalized spacial score (nSPS) is 23.8. The lowest BCUT2D eigenvalue weighted by atomic mass is 10.2. The molecule has 23 heavy (non-hydrogen) atoms. The summed E-state index contributed by atoms with van der Waals surface area (Å²) in [5, 5.41) is 2.79. The third kappa shape index (κ3) is 3.74. The highest BCUT2D eigenvalue weighted by Crippen LogP contribution is 2.20. The maximum atomic E-state index is 13.8. The Morgan fingerprint density at radius 2 is 1.87 bits per heavy atom. The van der Waals surface area contributed by atoms with Gasteiger partial charge in [0.25, 0.3) is 0 Å². The van der Waals surface area contributed by atoms with E-state index < -0.39 is 9.84 Å². The number of sulfone groups is 1. The van der Waals surface area contributed by atoms with Crippen molar-refractivity contribution in [1.29, 1.82) is 0 Å². The van der Waals surface area contributed by atoms with Crippen LogP contribution < -0.4 is 10.2 Å². The van der Waals surface area contributed by atoms with Gasteiger partial charge >= 0.3 is 6.03 Å². The SMILES string of the molecule is O=C(N[C@H]1CCS(=O)(=O)C1)N1CCN(c2ccccc2F)CC1. The Hall–Kier alpha value is -1.83. The highest BCUT2D eigenvalue weighted by molar-refractivity contribution is 7.91. The van der Waals surface area contributed by atoms with Crippen molar-refractivity contribution in [2.24, 2.45) is 0 Å². The maximum Gasteiger partial charge on any atom is 0.317 e. The van der Waals surface area contributed by atoms with E-state index >= 15 is 0 Å². The minimum Gasteiger partial charge on any atom is -0.366 e. The number of benzene rings is 1. The molecule has 2 aliphatic heterocycles. The lowest BCUT2D eigenvalue weighted by Crippen LogP contribution is -2.53. The van der Waals surface area contributed by atoms with Crippen LogP contribution in [-0.4, -0.2) is 63.1 Å². The maximum absolute atomic E-state index is 13.8. The van der Waals surface area contributed by atoms with Gasteiger partial charge in [-0.2, -0.15) is 0 Å². The van der Waals surface area contributed by atoms with Crippen LogP contribution in [-0.2, 0) is 9.84 Å². The molecular weight excluding hydrogens is 321 g/mol. The van der Waals surface area contributed by atoms with E-state index in [4.69, 9.17) is 0 Å². The summed E-state index contributed by atoms with van der Waals surface area (Å²) in [4.78, 5) is 15.8. The van der Waals surface area contributed by atoms with Gasteiger partial charge < -0.3 is 15.1 Å². The second-order valence-corrected chi connectivity index (χ2v) is 8.20. The predicted octanol–water partition coefficient (Wildman–Crippen LogP) is 0.844. The summed E-state index contributed by atoms with van der Waals surface area (Å²) < 4.78 is 36.6. The molecule has 0 radical (unpaired) electrons. The number of para-hydroxylation sites is 1. The summed E-state index contributed by atoms with van der Waals surface area (Å²) in [6, 6.07) is 6.07. The highest BCUT2D eigenvalue weighted by atomic mass is 32.2. The summed E-state index contributed by atoms with van der Waals surface area (Å²) in [6.45, 7) is 2.08. The Balaban J connectivity index is 1.53. The van der Waals surface area contributed by atoms with Crippen LogP contribution in [0.3, 0.4) is 0 Å². The lowest BCUT2D eigenvalue weighted by molar-refractivity contribution is 0.191. The fourth-order valence-corrected chi connectivity index (χ4v) is 4.71. The van der Waals surface area contributed by atoms with Crippen molar-refractivity contribution in [1.82, 2.24) is 10.2 Å². The molecule has 0 saturated carbocycles. The molecule has 2 aliphatic rings. The molecule has 3 rings (SSSR count). The van der Waals surface area contributed by atoms with E-state index in [1.165, 1.54) is 6.07 Å². The molecule has 6 nitrogen and oxygen atoms in total. The van der Waals surface area contributed by atoms with Gasteiger partial charge in [0.1, 0.15) is 5.82 Å². The zero-order valence-corrected chi connectivity index (χ0v) is 13.6.